The Bertz CT molecular complexity index is 316. The standard InChI is InChI=1S/C12H16O2/c1-14-8-5-10-3-2-4-11(9-10)12(13)6-7-12/h2-4,9,13H,5-8H2,1H3. The summed E-state index contributed by atoms with van der Waals surface area (Å²) in [6, 6.07) is 8.18. The van der Waals surface area contributed by atoms with E-state index in [-0.39, 0.29) is 0 Å². The van der Waals surface area contributed by atoms with Crippen LogP contribution in [0.15, 0.2) is 24.3 Å². The van der Waals surface area contributed by atoms with Crippen LogP contribution < -0.4 is 0 Å². The third-order valence-electron chi connectivity index (χ3n) is 2.78. The Labute approximate surface area is 84.5 Å². The van der Waals surface area contributed by atoms with Gasteiger partial charge in [0.1, 0.15) is 0 Å². The maximum atomic E-state index is 9.92. The zero-order valence-electron chi connectivity index (χ0n) is 8.49. The molecule has 0 bridgehead atoms. The van der Waals surface area contributed by atoms with Crippen molar-refractivity contribution >= 4 is 0 Å². The Balaban J connectivity index is 2.11. The summed E-state index contributed by atoms with van der Waals surface area (Å²) in [5.74, 6) is 0. The maximum Gasteiger partial charge on any atom is 0.0899 e. The van der Waals surface area contributed by atoms with Crippen LogP contribution in [0.2, 0.25) is 0 Å². The summed E-state index contributed by atoms with van der Waals surface area (Å²) in [4.78, 5) is 0. The van der Waals surface area contributed by atoms with Crippen LogP contribution in [0.1, 0.15) is 24.0 Å². The van der Waals surface area contributed by atoms with E-state index in [0.717, 1.165) is 31.4 Å². The maximum absolute atomic E-state index is 9.92. The first-order chi connectivity index (χ1) is 6.74. The molecule has 14 heavy (non-hydrogen) atoms. The molecule has 0 unspecified atom stereocenters. The molecule has 0 heterocycles. The highest BCUT2D eigenvalue weighted by Crippen LogP contribution is 2.45. The molecule has 0 aliphatic heterocycles. The number of hydrogen-bond acceptors (Lipinski definition) is 2. The van der Waals surface area contributed by atoms with Crippen LogP contribution in [0.5, 0.6) is 0 Å². The van der Waals surface area contributed by atoms with Gasteiger partial charge in [0.05, 0.1) is 12.2 Å². The monoisotopic (exact) mass is 192 g/mol. The van der Waals surface area contributed by atoms with Gasteiger partial charge in [-0.15, -0.1) is 0 Å². The third kappa shape index (κ3) is 1.97. The van der Waals surface area contributed by atoms with Gasteiger partial charge in [-0.25, -0.2) is 0 Å². The first-order valence-corrected chi connectivity index (χ1v) is 5.05. The third-order valence-corrected chi connectivity index (χ3v) is 2.78. The second-order valence-electron chi connectivity index (χ2n) is 3.97. The molecule has 0 radical (unpaired) electrons. The van der Waals surface area contributed by atoms with E-state index in [4.69, 9.17) is 4.74 Å². The minimum Gasteiger partial charge on any atom is -0.385 e. The molecule has 0 amide bonds. The van der Waals surface area contributed by atoms with Gasteiger partial charge in [-0.2, -0.15) is 0 Å². The van der Waals surface area contributed by atoms with Crippen molar-refractivity contribution in [3.05, 3.63) is 35.4 Å². The number of ether oxygens (including phenoxy) is 1. The molecule has 1 aromatic rings. The highest BCUT2D eigenvalue weighted by Gasteiger charge is 2.41. The predicted molar refractivity (Wildman–Crippen MR) is 55.2 cm³/mol. The van der Waals surface area contributed by atoms with Crippen LogP contribution in [-0.2, 0) is 16.8 Å². The lowest BCUT2D eigenvalue weighted by Gasteiger charge is -2.09. The van der Waals surface area contributed by atoms with Crippen molar-refractivity contribution in [2.45, 2.75) is 24.9 Å². The lowest BCUT2D eigenvalue weighted by molar-refractivity contribution is 0.151. The Morgan fingerprint density at radius 3 is 2.86 bits per heavy atom. The molecule has 76 valence electrons. The number of methoxy groups -OCH3 is 1. The van der Waals surface area contributed by atoms with Crippen LogP contribution in [0.4, 0.5) is 0 Å². The van der Waals surface area contributed by atoms with Gasteiger partial charge in [0.2, 0.25) is 0 Å². The molecule has 0 spiro atoms. The smallest absolute Gasteiger partial charge is 0.0899 e. The molecule has 0 saturated heterocycles. The van der Waals surface area contributed by atoms with Crippen LogP contribution in [-0.4, -0.2) is 18.8 Å². The van der Waals surface area contributed by atoms with E-state index in [2.05, 4.69) is 12.1 Å². The largest absolute Gasteiger partial charge is 0.385 e. The van der Waals surface area contributed by atoms with Gasteiger partial charge in [0, 0.05) is 7.11 Å². The molecular weight excluding hydrogens is 176 g/mol. The summed E-state index contributed by atoms with van der Waals surface area (Å²) >= 11 is 0. The molecule has 2 rings (SSSR count). The van der Waals surface area contributed by atoms with Crippen molar-refractivity contribution in [1.29, 1.82) is 0 Å². The molecule has 0 aromatic heterocycles. The minimum absolute atomic E-state index is 0.511. The van der Waals surface area contributed by atoms with Gasteiger partial charge in [0.25, 0.3) is 0 Å². The molecule has 1 aliphatic rings. The molecule has 1 N–H and O–H groups in total. The van der Waals surface area contributed by atoms with Gasteiger partial charge in [-0.3, -0.25) is 0 Å². The molecular formula is C12H16O2. The summed E-state index contributed by atoms with van der Waals surface area (Å²) in [5.41, 5.74) is 1.79. The molecule has 1 aromatic carbocycles. The van der Waals surface area contributed by atoms with Gasteiger partial charge in [-0.05, 0) is 30.4 Å². The summed E-state index contributed by atoms with van der Waals surface area (Å²) in [6.07, 6.45) is 2.72. The number of hydrogen-bond donors (Lipinski definition) is 1. The fourth-order valence-electron chi connectivity index (χ4n) is 1.64. The van der Waals surface area contributed by atoms with E-state index in [0.29, 0.717) is 0 Å². The summed E-state index contributed by atoms with van der Waals surface area (Å²) in [7, 11) is 1.71. The lowest BCUT2D eigenvalue weighted by atomic mass is 10.0. The second kappa shape index (κ2) is 3.71. The fraction of sp³-hybridized carbons (Fsp3) is 0.500. The highest BCUT2D eigenvalue weighted by atomic mass is 16.5. The van der Waals surface area contributed by atoms with Gasteiger partial charge in [0.15, 0.2) is 0 Å². The van der Waals surface area contributed by atoms with E-state index in [1.807, 2.05) is 12.1 Å². The predicted octanol–water partition coefficient (Wildman–Crippen LogP) is 1.86. The zero-order valence-corrected chi connectivity index (χ0v) is 8.49. The van der Waals surface area contributed by atoms with Gasteiger partial charge >= 0.3 is 0 Å². The molecule has 2 nitrogen and oxygen atoms in total. The first-order valence-electron chi connectivity index (χ1n) is 5.05. The number of benzene rings is 1. The molecule has 1 fully saturated rings. The van der Waals surface area contributed by atoms with E-state index < -0.39 is 5.60 Å². The van der Waals surface area contributed by atoms with Crippen LogP contribution >= 0.6 is 0 Å². The fourth-order valence-corrected chi connectivity index (χ4v) is 1.64. The molecule has 2 heteroatoms. The second-order valence-corrected chi connectivity index (χ2v) is 3.97. The van der Waals surface area contributed by atoms with Crippen molar-refractivity contribution in [2.75, 3.05) is 13.7 Å². The van der Waals surface area contributed by atoms with E-state index in [1.54, 1.807) is 7.11 Å². The average Bonchev–Trinajstić information content (AvgIpc) is 2.95. The first kappa shape index (κ1) is 9.69. The zero-order chi connectivity index (χ0) is 10.0. The van der Waals surface area contributed by atoms with Crippen molar-refractivity contribution in [2.24, 2.45) is 0 Å². The average molecular weight is 192 g/mol. The Morgan fingerprint density at radius 1 is 1.43 bits per heavy atom. The van der Waals surface area contributed by atoms with Crippen molar-refractivity contribution < 1.29 is 9.84 Å². The van der Waals surface area contributed by atoms with Crippen LogP contribution in [0.25, 0.3) is 0 Å². The van der Waals surface area contributed by atoms with Crippen molar-refractivity contribution in [3.63, 3.8) is 0 Å². The Morgan fingerprint density at radius 2 is 2.21 bits per heavy atom. The summed E-state index contributed by atoms with van der Waals surface area (Å²) < 4.78 is 5.02. The highest BCUT2D eigenvalue weighted by molar-refractivity contribution is 5.31. The molecule has 0 atom stereocenters. The normalized spacial score (nSPS) is 18.1. The van der Waals surface area contributed by atoms with E-state index >= 15 is 0 Å². The van der Waals surface area contributed by atoms with Crippen LogP contribution in [0, 0.1) is 0 Å². The van der Waals surface area contributed by atoms with Crippen LogP contribution in [0.3, 0.4) is 0 Å². The topological polar surface area (TPSA) is 29.5 Å². The van der Waals surface area contributed by atoms with Gasteiger partial charge in [-0.1, -0.05) is 24.3 Å². The number of aliphatic hydroxyl groups is 1. The van der Waals surface area contributed by atoms with Crippen molar-refractivity contribution in [1.82, 2.24) is 0 Å². The summed E-state index contributed by atoms with van der Waals surface area (Å²) in [6.45, 7) is 0.738. The minimum atomic E-state index is -0.511. The van der Waals surface area contributed by atoms with Gasteiger partial charge < -0.3 is 9.84 Å². The molecule has 1 saturated carbocycles. The van der Waals surface area contributed by atoms with Crippen molar-refractivity contribution in [3.8, 4) is 0 Å². The number of rotatable bonds is 4. The molecule has 1 aliphatic carbocycles. The quantitative estimate of drug-likeness (QED) is 0.789. The van der Waals surface area contributed by atoms with E-state index in [9.17, 15) is 5.11 Å². The lowest BCUT2D eigenvalue weighted by Crippen LogP contribution is -2.05. The Hall–Kier alpha value is -0.860. The van der Waals surface area contributed by atoms with E-state index in [1.165, 1.54) is 5.56 Å². The SMILES string of the molecule is COCCc1cccc(C2(O)CC2)c1. The summed E-state index contributed by atoms with van der Waals surface area (Å²) in [5, 5.41) is 9.92. The Kier molecular flexibility index (Phi) is 2.57.